The number of ether oxygens (including phenoxy) is 4. The van der Waals surface area contributed by atoms with Crippen molar-refractivity contribution in [3.63, 3.8) is 0 Å². The summed E-state index contributed by atoms with van der Waals surface area (Å²) in [7, 11) is 6.56. The maximum Gasteiger partial charge on any atom is 0.175 e. The van der Waals surface area contributed by atoms with Gasteiger partial charge in [0.1, 0.15) is 0 Å². The van der Waals surface area contributed by atoms with Gasteiger partial charge in [0.2, 0.25) is 0 Å². The Bertz CT molecular complexity index is 898. The van der Waals surface area contributed by atoms with Crippen LogP contribution in [0.1, 0.15) is 11.1 Å². The predicted octanol–water partition coefficient (Wildman–Crippen LogP) is 0.283. The number of halogens is 1. The molecule has 0 aliphatic rings. The number of aromatic amines is 1. The van der Waals surface area contributed by atoms with E-state index in [-0.39, 0.29) is 17.0 Å². The molecular formula is C20H22BrNO4. The second kappa shape index (κ2) is 8.76. The Balaban J connectivity index is 0.00000243. The molecule has 0 radical (unpaired) electrons. The molecule has 0 bridgehead atoms. The molecule has 6 heteroatoms. The van der Waals surface area contributed by atoms with Crippen molar-refractivity contribution in [1.29, 1.82) is 0 Å². The van der Waals surface area contributed by atoms with Crippen molar-refractivity contribution in [3.05, 3.63) is 53.9 Å². The van der Waals surface area contributed by atoms with Crippen LogP contribution >= 0.6 is 0 Å². The van der Waals surface area contributed by atoms with Crippen molar-refractivity contribution in [3.8, 4) is 23.0 Å². The number of H-pyrrole nitrogens is 1. The number of hydrogen-bond acceptors (Lipinski definition) is 4. The van der Waals surface area contributed by atoms with Gasteiger partial charge in [0, 0.05) is 22.8 Å². The molecule has 3 rings (SSSR count). The predicted molar refractivity (Wildman–Crippen MR) is 96.0 cm³/mol. The Morgan fingerprint density at radius 1 is 0.731 bits per heavy atom. The van der Waals surface area contributed by atoms with Crippen molar-refractivity contribution < 1.29 is 40.9 Å². The quantitative estimate of drug-likeness (QED) is 0.575. The largest absolute Gasteiger partial charge is 1.00 e. The molecule has 0 unspecified atom stereocenters. The lowest BCUT2D eigenvalue weighted by atomic mass is 10.00. The highest BCUT2D eigenvalue weighted by molar-refractivity contribution is 5.87. The molecule has 0 spiro atoms. The van der Waals surface area contributed by atoms with Gasteiger partial charge in [0.15, 0.2) is 35.4 Å². The van der Waals surface area contributed by atoms with Crippen molar-refractivity contribution in [2.75, 3.05) is 28.4 Å². The molecule has 0 aliphatic carbocycles. The van der Waals surface area contributed by atoms with Crippen LogP contribution in [0.4, 0.5) is 0 Å². The first-order valence-electron chi connectivity index (χ1n) is 7.95. The first-order chi connectivity index (χ1) is 12.2. The fourth-order valence-corrected chi connectivity index (χ4v) is 2.96. The molecule has 0 amide bonds. The van der Waals surface area contributed by atoms with Gasteiger partial charge in [-0.2, -0.15) is 0 Å². The van der Waals surface area contributed by atoms with Crippen LogP contribution in [0.5, 0.6) is 23.0 Å². The summed E-state index contributed by atoms with van der Waals surface area (Å²) in [5, 5.41) is 2.18. The molecule has 138 valence electrons. The van der Waals surface area contributed by atoms with Gasteiger partial charge in [-0.1, -0.05) is 6.07 Å². The van der Waals surface area contributed by atoms with E-state index in [2.05, 4.69) is 4.98 Å². The first kappa shape index (κ1) is 19.8. The van der Waals surface area contributed by atoms with E-state index in [9.17, 15) is 0 Å². The number of rotatable bonds is 6. The van der Waals surface area contributed by atoms with Crippen molar-refractivity contribution in [2.45, 2.75) is 6.42 Å². The lowest BCUT2D eigenvalue weighted by molar-refractivity contribution is -0.376. The third-order valence-electron chi connectivity index (χ3n) is 4.24. The highest BCUT2D eigenvalue weighted by Gasteiger charge is 2.13. The average molecular weight is 420 g/mol. The van der Waals surface area contributed by atoms with Crippen molar-refractivity contribution >= 4 is 10.8 Å². The van der Waals surface area contributed by atoms with Crippen LogP contribution in [-0.4, -0.2) is 28.4 Å². The van der Waals surface area contributed by atoms with Gasteiger partial charge in [0.05, 0.1) is 28.4 Å². The van der Waals surface area contributed by atoms with Crippen LogP contribution in [0.2, 0.25) is 0 Å². The average Bonchev–Trinajstić information content (AvgIpc) is 2.66. The smallest absolute Gasteiger partial charge is 0.175 e. The number of methoxy groups -OCH3 is 4. The van der Waals surface area contributed by atoms with E-state index in [1.807, 2.05) is 42.7 Å². The number of benzene rings is 2. The van der Waals surface area contributed by atoms with Gasteiger partial charge >= 0.3 is 0 Å². The second-order valence-electron chi connectivity index (χ2n) is 5.64. The monoisotopic (exact) mass is 419 g/mol. The zero-order chi connectivity index (χ0) is 17.8. The molecule has 0 saturated heterocycles. The van der Waals surface area contributed by atoms with Crippen LogP contribution in [-0.2, 0) is 6.42 Å². The fourth-order valence-electron chi connectivity index (χ4n) is 2.96. The summed E-state index contributed by atoms with van der Waals surface area (Å²) in [6.45, 7) is 0. The lowest BCUT2D eigenvalue weighted by Gasteiger charge is -2.11. The Hall–Kier alpha value is -2.47. The first-order valence-corrected chi connectivity index (χ1v) is 7.95. The van der Waals surface area contributed by atoms with Crippen LogP contribution in [0.25, 0.3) is 10.8 Å². The molecule has 5 nitrogen and oxygen atoms in total. The SMILES string of the molecule is COc1ccc(Cc2c[nH+]cc3cc(OC)c(OC)cc23)cc1OC.[Br-]. The highest BCUT2D eigenvalue weighted by atomic mass is 79.9. The summed E-state index contributed by atoms with van der Waals surface area (Å²) in [4.78, 5) is 3.21. The summed E-state index contributed by atoms with van der Waals surface area (Å²) in [5.74, 6) is 2.88. The summed E-state index contributed by atoms with van der Waals surface area (Å²) in [6.07, 6.45) is 4.71. The van der Waals surface area contributed by atoms with Gasteiger partial charge in [0.25, 0.3) is 0 Å². The number of pyridine rings is 1. The molecular weight excluding hydrogens is 398 g/mol. The van der Waals surface area contributed by atoms with Crippen LogP contribution in [0.15, 0.2) is 42.7 Å². The van der Waals surface area contributed by atoms with E-state index in [1.54, 1.807) is 28.4 Å². The minimum absolute atomic E-state index is 0. The molecule has 2 aromatic carbocycles. The van der Waals surface area contributed by atoms with E-state index in [1.165, 1.54) is 0 Å². The van der Waals surface area contributed by atoms with Crippen LogP contribution < -0.4 is 40.9 Å². The summed E-state index contributed by atoms with van der Waals surface area (Å²) in [6, 6.07) is 9.95. The van der Waals surface area contributed by atoms with E-state index in [0.29, 0.717) is 5.75 Å². The molecule has 1 aromatic heterocycles. The minimum atomic E-state index is 0. The zero-order valence-corrected chi connectivity index (χ0v) is 16.8. The molecule has 0 atom stereocenters. The van der Waals surface area contributed by atoms with Gasteiger partial charge in [-0.15, -0.1) is 0 Å². The Morgan fingerprint density at radius 3 is 2.00 bits per heavy atom. The topological polar surface area (TPSA) is 51.1 Å². The normalized spacial score (nSPS) is 10.2. The van der Waals surface area contributed by atoms with E-state index >= 15 is 0 Å². The van der Waals surface area contributed by atoms with Gasteiger partial charge in [-0.05, 0) is 29.8 Å². The van der Waals surface area contributed by atoms with Crippen LogP contribution in [0, 0.1) is 0 Å². The maximum atomic E-state index is 5.44. The molecule has 0 saturated carbocycles. The highest BCUT2D eigenvalue weighted by Crippen LogP contribution is 2.34. The fraction of sp³-hybridized carbons (Fsp3) is 0.250. The third-order valence-corrected chi connectivity index (χ3v) is 4.24. The minimum Gasteiger partial charge on any atom is -1.00 e. The van der Waals surface area contributed by atoms with Crippen molar-refractivity contribution in [1.82, 2.24) is 0 Å². The molecule has 3 aromatic rings. The number of fused-ring (bicyclic) bond motifs is 1. The second-order valence-corrected chi connectivity index (χ2v) is 5.64. The zero-order valence-electron chi connectivity index (χ0n) is 15.3. The summed E-state index contributed by atoms with van der Waals surface area (Å²) in [5.41, 5.74) is 2.29. The van der Waals surface area contributed by atoms with Gasteiger partial charge in [-0.25, -0.2) is 4.98 Å². The van der Waals surface area contributed by atoms with Gasteiger partial charge < -0.3 is 35.9 Å². The number of hydrogen-bond donors (Lipinski definition) is 0. The third kappa shape index (κ3) is 3.85. The maximum absolute atomic E-state index is 5.44. The lowest BCUT2D eigenvalue weighted by Crippen LogP contribution is -3.00. The van der Waals surface area contributed by atoms with Gasteiger partial charge in [-0.3, -0.25) is 0 Å². The Kier molecular flexibility index (Phi) is 6.69. The van der Waals surface area contributed by atoms with E-state index in [0.717, 1.165) is 45.6 Å². The Morgan fingerprint density at radius 2 is 1.35 bits per heavy atom. The summed E-state index contributed by atoms with van der Waals surface area (Å²) >= 11 is 0. The van der Waals surface area contributed by atoms with Crippen LogP contribution in [0.3, 0.4) is 0 Å². The molecule has 1 heterocycles. The Labute approximate surface area is 163 Å². The van der Waals surface area contributed by atoms with Crippen molar-refractivity contribution in [2.24, 2.45) is 0 Å². The van der Waals surface area contributed by atoms with E-state index < -0.39 is 0 Å². The molecule has 0 aliphatic heterocycles. The standard InChI is InChI=1S/C20H21NO4.BrH/c1-22-17-6-5-13(8-18(17)23-2)7-14-11-21-12-15-9-19(24-3)20(25-4)10-16(14)15;/h5-6,8-12H,7H2,1-4H3;1H. The molecule has 0 fully saturated rings. The van der Waals surface area contributed by atoms with E-state index in [4.69, 9.17) is 18.9 Å². The molecule has 1 N–H and O–H groups in total. The summed E-state index contributed by atoms with van der Waals surface area (Å²) < 4.78 is 21.5. The molecule has 26 heavy (non-hydrogen) atoms. The number of nitrogens with one attached hydrogen (secondary N) is 1. The number of aromatic nitrogens is 1.